The molecule has 0 atom stereocenters. The number of fused-ring (bicyclic) bond motifs is 2. The number of hydrogen-bond acceptors (Lipinski definition) is 5. The number of halogens is 1. The molecule has 9 heteroatoms. The number of aryl methyl sites for hydroxylation is 2. The molecule has 220 valence electrons. The fourth-order valence-electron chi connectivity index (χ4n) is 5.00. The van der Waals surface area contributed by atoms with Gasteiger partial charge in [0.15, 0.2) is 0 Å². The topological polar surface area (TPSA) is 80.7 Å². The van der Waals surface area contributed by atoms with E-state index >= 15 is 0 Å². The van der Waals surface area contributed by atoms with Crippen LogP contribution in [-0.4, -0.2) is 23.3 Å². The standard InChI is InChI=1S/C21H20N4O.C14H12BrN3/c1-15-10-17(13-24(2)21(15)26)16-8-9-20-23-12-19(25(20)14-16)11-22-18-6-4-3-5-7-18;15-11-6-7-14-17-9-13(18(14)10-11)8-16-12-4-2-1-3-5-12/h3-10,12-14,22H,11H2,1-2H3;1-7,9-10,16H,8H2. The Morgan fingerprint density at radius 3 is 1.80 bits per heavy atom. The molecule has 0 radical (unpaired) electrons. The van der Waals surface area contributed by atoms with Gasteiger partial charge in [-0.25, -0.2) is 9.97 Å². The molecule has 5 heterocycles. The van der Waals surface area contributed by atoms with Crippen LogP contribution in [0, 0.1) is 6.92 Å². The van der Waals surface area contributed by atoms with Crippen molar-refractivity contribution < 1.29 is 0 Å². The van der Waals surface area contributed by atoms with E-state index < -0.39 is 0 Å². The van der Waals surface area contributed by atoms with E-state index in [2.05, 4.69) is 63.7 Å². The van der Waals surface area contributed by atoms with Gasteiger partial charge in [-0.1, -0.05) is 36.4 Å². The van der Waals surface area contributed by atoms with E-state index in [1.54, 1.807) is 11.6 Å². The lowest BCUT2D eigenvalue weighted by Gasteiger charge is -2.09. The Hall–Kier alpha value is -5.15. The summed E-state index contributed by atoms with van der Waals surface area (Å²) < 4.78 is 6.85. The molecule has 2 N–H and O–H groups in total. The summed E-state index contributed by atoms with van der Waals surface area (Å²) in [6.45, 7) is 3.28. The molecule has 0 aliphatic carbocycles. The molecular weight excluding hydrogens is 614 g/mol. The molecule has 0 bridgehead atoms. The minimum atomic E-state index is 0.0326. The third-order valence-corrected chi connectivity index (χ3v) is 7.79. The maximum atomic E-state index is 11.9. The Bertz CT molecular complexity index is 2060. The van der Waals surface area contributed by atoms with Gasteiger partial charge in [-0.2, -0.15) is 0 Å². The van der Waals surface area contributed by atoms with Gasteiger partial charge >= 0.3 is 0 Å². The lowest BCUT2D eigenvalue weighted by atomic mass is 10.1. The zero-order valence-electron chi connectivity index (χ0n) is 24.5. The quantitative estimate of drug-likeness (QED) is 0.190. The Morgan fingerprint density at radius 1 is 0.682 bits per heavy atom. The van der Waals surface area contributed by atoms with Crippen LogP contribution in [0.4, 0.5) is 11.4 Å². The minimum Gasteiger partial charge on any atom is -0.379 e. The molecular formula is C35H32BrN7O. The maximum Gasteiger partial charge on any atom is 0.253 e. The molecule has 0 aliphatic heterocycles. The zero-order chi connectivity index (χ0) is 30.5. The highest BCUT2D eigenvalue weighted by atomic mass is 79.9. The number of benzene rings is 2. The van der Waals surface area contributed by atoms with Gasteiger partial charge in [0.05, 0.1) is 36.9 Å². The highest BCUT2D eigenvalue weighted by Crippen LogP contribution is 2.21. The summed E-state index contributed by atoms with van der Waals surface area (Å²) in [7, 11) is 1.78. The van der Waals surface area contributed by atoms with Crippen molar-refractivity contribution in [2.75, 3.05) is 10.6 Å². The number of pyridine rings is 3. The van der Waals surface area contributed by atoms with Gasteiger partial charge in [0.25, 0.3) is 5.56 Å². The Kier molecular flexibility index (Phi) is 8.56. The number of nitrogens with zero attached hydrogens (tertiary/aromatic N) is 5. The smallest absolute Gasteiger partial charge is 0.253 e. The first-order chi connectivity index (χ1) is 21.4. The number of nitrogens with one attached hydrogen (secondary N) is 2. The molecule has 8 nitrogen and oxygen atoms in total. The first-order valence-electron chi connectivity index (χ1n) is 14.3. The van der Waals surface area contributed by atoms with Crippen LogP contribution in [0.25, 0.3) is 22.4 Å². The van der Waals surface area contributed by atoms with Crippen LogP contribution in [0.2, 0.25) is 0 Å². The maximum absolute atomic E-state index is 11.9. The van der Waals surface area contributed by atoms with Crippen LogP contribution in [0.1, 0.15) is 17.0 Å². The predicted molar refractivity (Wildman–Crippen MR) is 181 cm³/mol. The molecule has 0 saturated carbocycles. The normalized spacial score (nSPS) is 10.9. The third-order valence-electron chi connectivity index (χ3n) is 7.32. The van der Waals surface area contributed by atoms with Crippen LogP contribution in [0.5, 0.6) is 0 Å². The van der Waals surface area contributed by atoms with Crippen LogP contribution in [0.15, 0.2) is 131 Å². The molecule has 7 aromatic rings. The fraction of sp³-hybridized carbons (Fsp3) is 0.114. The van der Waals surface area contributed by atoms with Crippen molar-refractivity contribution in [2.24, 2.45) is 7.05 Å². The number of hydrogen-bond donors (Lipinski definition) is 2. The van der Waals surface area contributed by atoms with Gasteiger partial charge in [-0.15, -0.1) is 0 Å². The summed E-state index contributed by atoms with van der Waals surface area (Å²) in [5.74, 6) is 0. The second-order valence-electron chi connectivity index (χ2n) is 10.5. The van der Waals surface area contributed by atoms with Crippen molar-refractivity contribution in [3.8, 4) is 11.1 Å². The summed E-state index contributed by atoms with van der Waals surface area (Å²) in [6, 6.07) is 30.2. The number of rotatable bonds is 7. The highest BCUT2D eigenvalue weighted by Gasteiger charge is 2.08. The molecule has 0 fully saturated rings. The summed E-state index contributed by atoms with van der Waals surface area (Å²) in [5, 5.41) is 6.80. The molecule has 5 aromatic heterocycles. The minimum absolute atomic E-state index is 0.0326. The van der Waals surface area contributed by atoms with Gasteiger partial charge in [0.1, 0.15) is 11.3 Å². The van der Waals surface area contributed by atoms with Crippen molar-refractivity contribution in [1.82, 2.24) is 23.3 Å². The SMILES string of the molecule is Brc1ccc2ncc(CNc3ccccc3)n2c1.Cc1cc(-c2ccc3ncc(CNc4ccccc4)n3c2)cn(C)c1=O. The van der Waals surface area contributed by atoms with E-state index in [1.165, 1.54) is 0 Å². The molecule has 0 unspecified atom stereocenters. The fourth-order valence-corrected chi connectivity index (χ4v) is 5.34. The van der Waals surface area contributed by atoms with Gasteiger partial charge in [0, 0.05) is 47.0 Å². The number of imidazole rings is 2. The summed E-state index contributed by atoms with van der Waals surface area (Å²) in [4.78, 5) is 20.8. The second-order valence-corrected chi connectivity index (χ2v) is 11.4. The first kappa shape index (κ1) is 28.9. The van der Waals surface area contributed by atoms with E-state index in [1.807, 2.05) is 111 Å². The van der Waals surface area contributed by atoms with Crippen molar-refractivity contribution >= 4 is 38.6 Å². The molecule has 0 aliphatic rings. The Labute approximate surface area is 263 Å². The van der Waals surface area contributed by atoms with Crippen molar-refractivity contribution in [3.05, 3.63) is 154 Å². The highest BCUT2D eigenvalue weighted by molar-refractivity contribution is 9.10. The van der Waals surface area contributed by atoms with E-state index in [0.717, 1.165) is 61.8 Å². The number of aromatic nitrogens is 5. The average molecular weight is 647 g/mol. The summed E-state index contributed by atoms with van der Waals surface area (Å²) in [6.07, 6.45) is 9.77. The molecule has 0 saturated heterocycles. The Morgan fingerprint density at radius 2 is 1.23 bits per heavy atom. The third kappa shape index (κ3) is 6.58. The number of para-hydroxylation sites is 2. The van der Waals surface area contributed by atoms with Crippen molar-refractivity contribution in [2.45, 2.75) is 20.0 Å². The molecule has 2 aromatic carbocycles. The van der Waals surface area contributed by atoms with Crippen LogP contribution >= 0.6 is 15.9 Å². The molecule has 44 heavy (non-hydrogen) atoms. The predicted octanol–water partition coefficient (Wildman–Crippen LogP) is 7.33. The molecule has 0 amide bonds. The van der Waals surface area contributed by atoms with Gasteiger partial charge in [0.2, 0.25) is 0 Å². The van der Waals surface area contributed by atoms with Crippen LogP contribution in [-0.2, 0) is 20.1 Å². The van der Waals surface area contributed by atoms with E-state index in [4.69, 9.17) is 0 Å². The largest absolute Gasteiger partial charge is 0.379 e. The first-order valence-corrected chi connectivity index (χ1v) is 15.1. The van der Waals surface area contributed by atoms with E-state index in [-0.39, 0.29) is 5.56 Å². The molecule has 7 rings (SSSR count). The Balaban J connectivity index is 0.000000167. The van der Waals surface area contributed by atoms with Crippen LogP contribution < -0.4 is 16.2 Å². The van der Waals surface area contributed by atoms with Gasteiger partial charge < -0.3 is 24.0 Å². The monoisotopic (exact) mass is 645 g/mol. The lowest BCUT2D eigenvalue weighted by molar-refractivity contribution is 0.850. The van der Waals surface area contributed by atoms with Crippen LogP contribution in [0.3, 0.4) is 0 Å². The second kappa shape index (κ2) is 13.0. The van der Waals surface area contributed by atoms with Crippen molar-refractivity contribution in [1.29, 1.82) is 0 Å². The number of anilines is 2. The van der Waals surface area contributed by atoms with E-state index in [9.17, 15) is 4.79 Å². The summed E-state index contributed by atoms with van der Waals surface area (Å²) >= 11 is 3.48. The van der Waals surface area contributed by atoms with Crippen molar-refractivity contribution in [3.63, 3.8) is 0 Å². The average Bonchev–Trinajstić information content (AvgIpc) is 3.65. The summed E-state index contributed by atoms with van der Waals surface area (Å²) in [5.41, 5.74) is 9.10. The molecule has 0 spiro atoms. The lowest BCUT2D eigenvalue weighted by Crippen LogP contribution is -2.18. The van der Waals surface area contributed by atoms with Gasteiger partial charge in [-0.05, 0) is 88.6 Å². The van der Waals surface area contributed by atoms with Gasteiger partial charge in [-0.3, -0.25) is 4.79 Å². The van der Waals surface area contributed by atoms with E-state index in [0.29, 0.717) is 6.54 Å². The zero-order valence-corrected chi connectivity index (χ0v) is 26.1.